The molecule has 5 nitrogen and oxygen atoms in total. The number of carbonyl (C=O) groups excluding carboxylic acids is 2. The van der Waals surface area contributed by atoms with Crippen molar-refractivity contribution in [3.63, 3.8) is 0 Å². The minimum Gasteiger partial charge on any atom is -0.384 e. The number of likely N-dealkylation sites (N-methyl/N-ethyl adjacent to an activating group) is 1. The van der Waals surface area contributed by atoms with E-state index < -0.39 is 0 Å². The minimum absolute atomic E-state index is 0.0164. The zero-order valence-corrected chi connectivity index (χ0v) is 10.7. The average molecular weight is 249 g/mol. The van der Waals surface area contributed by atoms with Gasteiger partial charge in [-0.25, -0.2) is 0 Å². The second-order valence-corrected chi connectivity index (χ2v) is 3.83. The first-order valence-corrected chi connectivity index (χ1v) is 6.00. The largest absolute Gasteiger partial charge is 0.384 e. The minimum atomic E-state index is -0.252. The predicted molar refractivity (Wildman–Crippen MR) is 71.6 cm³/mol. The number of hydrogen-bond donors (Lipinski definition) is 3. The van der Waals surface area contributed by atoms with Crippen molar-refractivity contribution in [1.29, 1.82) is 0 Å². The topological polar surface area (TPSA) is 70.2 Å². The fourth-order valence-corrected chi connectivity index (χ4v) is 1.44. The fraction of sp³-hybridized carbons (Fsp3) is 0.385. The van der Waals surface area contributed by atoms with Gasteiger partial charge in [0, 0.05) is 19.3 Å². The van der Waals surface area contributed by atoms with Gasteiger partial charge in [-0.1, -0.05) is 19.1 Å². The summed E-state index contributed by atoms with van der Waals surface area (Å²) in [5.74, 6) is -0.472. The highest BCUT2D eigenvalue weighted by Crippen LogP contribution is 2.14. The molecular formula is C13H19N3O2. The summed E-state index contributed by atoms with van der Waals surface area (Å²) in [4.78, 5) is 23.0. The average Bonchev–Trinajstić information content (AvgIpc) is 2.42. The van der Waals surface area contributed by atoms with Crippen LogP contribution in [-0.2, 0) is 4.79 Å². The molecule has 1 aromatic rings. The number of nitrogens with one attached hydrogen (secondary N) is 3. The number of benzene rings is 1. The lowest BCUT2D eigenvalue weighted by Crippen LogP contribution is -2.35. The van der Waals surface area contributed by atoms with Crippen LogP contribution >= 0.6 is 0 Å². The summed E-state index contributed by atoms with van der Waals surface area (Å²) in [7, 11) is 1.53. The summed E-state index contributed by atoms with van der Waals surface area (Å²) in [6, 6.07) is 7.25. The zero-order chi connectivity index (χ0) is 13.4. The summed E-state index contributed by atoms with van der Waals surface area (Å²) < 4.78 is 0. The summed E-state index contributed by atoms with van der Waals surface area (Å²) in [5.41, 5.74) is 1.34. The maximum absolute atomic E-state index is 11.9. The van der Waals surface area contributed by atoms with E-state index in [1.165, 1.54) is 7.05 Å². The van der Waals surface area contributed by atoms with Gasteiger partial charge in [-0.3, -0.25) is 9.59 Å². The van der Waals surface area contributed by atoms with Gasteiger partial charge in [0.25, 0.3) is 5.91 Å². The molecule has 0 saturated heterocycles. The van der Waals surface area contributed by atoms with Gasteiger partial charge in [0.05, 0.1) is 12.1 Å². The molecule has 0 atom stereocenters. The first-order valence-electron chi connectivity index (χ1n) is 6.00. The van der Waals surface area contributed by atoms with E-state index in [9.17, 15) is 9.59 Å². The van der Waals surface area contributed by atoms with Crippen LogP contribution in [0.4, 0.5) is 5.69 Å². The number of carbonyl (C=O) groups is 2. The third-order valence-electron chi connectivity index (χ3n) is 2.43. The van der Waals surface area contributed by atoms with Gasteiger partial charge in [-0.2, -0.15) is 0 Å². The van der Waals surface area contributed by atoms with Crippen LogP contribution in [0.15, 0.2) is 24.3 Å². The van der Waals surface area contributed by atoms with Crippen molar-refractivity contribution in [2.45, 2.75) is 13.3 Å². The summed E-state index contributed by atoms with van der Waals surface area (Å²) >= 11 is 0. The predicted octanol–water partition coefficient (Wildman–Crippen LogP) is 0.984. The molecule has 0 fully saturated rings. The Bertz CT molecular complexity index is 418. The van der Waals surface area contributed by atoms with E-state index in [4.69, 9.17) is 0 Å². The van der Waals surface area contributed by atoms with Crippen LogP contribution in [0.3, 0.4) is 0 Å². The molecule has 0 unspecified atom stereocenters. The molecule has 98 valence electrons. The monoisotopic (exact) mass is 249 g/mol. The highest BCUT2D eigenvalue weighted by molar-refractivity contribution is 6.01. The number of rotatable bonds is 6. The molecule has 1 rings (SSSR count). The molecule has 0 heterocycles. The van der Waals surface area contributed by atoms with Gasteiger partial charge in [-0.05, 0) is 18.6 Å². The lowest BCUT2D eigenvalue weighted by molar-refractivity contribution is -0.119. The maximum atomic E-state index is 11.9. The van der Waals surface area contributed by atoms with Crippen molar-refractivity contribution in [3.8, 4) is 0 Å². The smallest absolute Gasteiger partial charge is 0.253 e. The Hall–Kier alpha value is -2.04. The molecule has 0 aliphatic carbocycles. The molecule has 2 amide bonds. The Morgan fingerprint density at radius 1 is 1.22 bits per heavy atom. The molecule has 18 heavy (non-hydrogen) atoms. The van der Waals surface area contributed by atoms with Crippen LogP contribution in [0.25, 0.3) is 0 Å². The highest BCUT2D eigenvalue weighted by Gasteiger charge is 2.11. The lowest BCUT2D eigenvalue weighted by atomic mass is 10.1. The Labute approximate surface area is 107 Å². The van der Waals surface area contributed by atoms with Crippen molar-refractivity contribution < 1.29 is 9.59 Å². The second-order valence-electron chi connectivity index (χ2n) is 3.83. The third-order valence-corrected chi connectivity index (χ3v) is 2.43. The van der Waals surface area contributed by atoms with Gasteiger partial charge >= 0.3 is 0 Å². The Morgan fingerprint density at radius 2 is 1.94 bits per heavy atom. The van der Waals surface area contributed by atoms with E-state index in [0.29, 0.717) is 5.56 Å². The van der Waals surface area contributed by atoms with Crippen LogP contribution in [0, 0.1) is 0 Å². The molecular weight excluding hydrogens is 230 g/mol. The molecule has 3 N–H and O–H groups in total. The van der Waals surface area contributed by atoms with E-state index in [1.54, 1.807) is 12.1 Å². The fourth-order valence-electron chi connectivity index (χ4n) is 1.44. The van der Waals surface area contributed by atoms with Crippen LogP contribution in [0.2, 0.25) is 0 Å². The summed E-state index contributed by atoms with van der Waals surface area (Å²) in [6.07, 6.45) is 0.980. The number of hydrogen-bond acceptors (Lipinski definition) is 3. The van der Waals surface area contributed by atoms with E-state index >= 15 is 0 Å². The van der Waals surface area contributed by atoms with Gasteiger partial charge in [0.2, 0.25) is 5.91 Å². The SMILES string of the molecule is CCCNc1ccccc1C(=O)NCC(=O)NC. The molecule has 0 radical (unpaired) electrons. The van der Waals surface area contributed by atoms with E-state index in [2.05, 4.69) is 22.9 Å². The van der Waals surface area contributed by atoms with Gasteiger partial charge in [0.1, 0.15) is 0 Å². The van der Waals surface area contributed by atoms with Crippen molar-refractivity contribution >= 4 is 17.5 Å². The molecule has 0 aliphatic heterocycles. The van der Waals surface area contributed by atoms with Crippen LogP contribution in [-0.4, -0.2) is 32.0 Å². The van der Waals surface area contributed by atoms with Crippen LogP contribution < -0.4 is 16.0 Å². The van der Waals surface area contributed by atoms with Crippen molar-refractivity contribution in [2.75, 3.05) is 25.5 Å². The molecule has 0 aliphatic rings. The van der Waals surface area contributed by atoms with Gasteiger partial charge in [0.15, 0.2) is 0 Å². The van der Waals surface area contributed by atoms with Gasteiger partial charge < -0.3 is 16.0 Å². The summed E-state index contributed by atoms with van der Waals surface area (Å²) in [6.45, 7) is 2.85. The maximum Gasteiger partial charge on any atom is 0.253 e. The summed E-state index contributed by atoms with van der Waals surface area (Å²) in [5, 5.41) is 8.21. The highest BCUT2D eigenvalue weighted by atomic mass is 16.2. The molecule has 0 spiro atoms. The molecule has 0 aromatic heterocycles. The number of amides is 2. The number of para-hydroxylation sites is 1. The first-order chi connectivity index (χ1) is 8.69. The molecule has 1 aromatic carbocycles. The van der Waals surface area contributed by atoms with E-state index in [0.717, 1.165) is 18.7 Å². The van der Waals surface area contributed by atoms with Crippen molar-refractivity contribution in [1.82, 2.24) is 10.6 Å². The Kier molecular flexibility index (Phi) is 5.70. The second kappa shape index (κ2) is 7.32. The zero-order valence-electron chi connectivity index (χ0n) is 10.7. The van der Waals surface area contributed by atoms with E-state index in [-0.39, 0.29) is 18.4 Å². The third kappa shape index (κ3) is 4.08. The lowest BCUT2D eigenvalue weighted by Gasteiger charge is -2.11. The van der Waals surface area contributed by atoms with Crippen LogP contribution in [0.5, 0.6) is 0 Å². The molecule has 0 bridgehead atoms. The van der Waals surface area contributed by atoms with Crippen molar-refractivity contribution in [3.05, 3.63) is 29.8 Å². The van der Waals surface area contributed by atoms with E-state index in [1.807, 2.05) is 12.1 Å². The molecule has 0 saturated carbocycles. The van der Waals surface area contributed by atoms with Crippen molar-refractivity contribution in [2.24, 2.45) is 0 Å². The quantitative estimate of drug-likeness (QED) is 0.704. The standard InChI is InChI=1S/C13H19N3O2/c1-3-8-15-11-7-5-4-6-10(11)13(18)16-9-12(17)14-2/h4-7,15H,3,8-9H2,1-2H3,(H,14,17)(H,16,18). The van der Waals surface area contributed by atoms with Gasteiger partial charge in [-0.15, -0.1) is 0 Å². The normalized spacial score (nSPS) is 9.67. The molecule has 5 heteroatoms. The Balaban J connectivity index is 2.69. The first kappa shape index (κ1) is 14.0. The van der Waals surface area contributed by atoms with Crippen LogP contribution in [0.1, 0.15) is 23.7 Å². The number of anilines is 1. The Morgan fingerprint density at radius 3 is 2.61 bits per heavy atom.